The van der Waals surface area contributed by atoms with Crippen LogP contribution in [0.3, 0.4) is 0 Å². The molecule has 226 valence electrons. The van der Waals surface area contributed by atoms with Crippen LogP contribution in [0.1, 0.15) is 55.6 Å². The van der Waals surface area contributed by atoms with Crippen molar-refractivity contribution in [2.75, 3.05) is 0 Å². The van der Waals surface area contributed by atoms with E-state index in [1.807, 2.05) is 103 Å². The van der Waals surface area contributed by atoms with Crippen molar-refractivity contribution < 1.29 is 5.11 Å². The zero-order chi connectivity index (χ0) is 32.1. The second kappa shape index (κ2) is 15.7. The third-order valence-corrected chi connectivity index (χ3v) is 7.88. The molecule has 0 radical (unpaired) electrons. The first-order valence-corrected chi connectivity index (χ1v) is 15.8. The Morgan fingerprint density at radius 2 is 0.426 bits per heavy atom. The summed E-state index contributed by atoms with van der Waals surface area (Å²) in [5.41, 5.74) is 9.73. The van der Waals surface area contributed by atoms with Crippen LogP contribution in [0, 0.1) is 0 Å². The van der Waals surface area contributed by atoms with E-state index in [-0.39, 0.29) is 5.75 Å². The Balaban J connectivity index is 1.64. The second-order valence-corrected chi connectivity index (χ2v) is 11.1. The maximum Gasteiger partial charge on any atom is 0.131 e. The quantitative estimate of drug-likeness (QED) is 0.154. The molecule has 0 aliphatic rings. The summed E-state index contributed by atoms with van der Waals surface area (Å²) in [7, 11) is 0. The largest absolute Gasteiger partial charge is 0.507 e. The monoisotopic (exact) mass is 604 g/mol. The summed E-state index contributed by atoms with van der Waals surface area (Å²) in [6.07, 6.45) is 20.9. The van der Waals surface area contributed by atoms with Crippen LogP contribution >= 0.6 is 0 Å². The van der Waals surface area contributed by atoms with Crippen LogP contribution in [0.25, 0.3) is 60.8 Å². The van der Waals surface area contributed by atoms with Gasteiger partial charge in [-0.2, -0.15) is 0 Å². The Morgan fingerprint density at radius 1 is 0.234 bits per heavy atom. The first-order chi connectivity index (χ1) is 23.2. The Labute approximate surface area is 278 Å². The van der Waals surface area contributed by atoms with Crippen LogP contribution in [0.2, 0.25) is 0 Å². The lowest BCUT2D eigenvalue weighted by atomic mass is 9.87. The van der Waals surface area contributed by atoms with E-state index >= 15 is 0 Å². The average molecular weight is 605 g/mol. The predicted octanol–water partition coefficient (Wildman–Crippen LogP) is 12.2. The number of phenolic OH excluding ortho intramolecular Hbond substituents is 1. The molecule has 1 nitrogen and oxygen atoms in total. The lowest BCUT2D eigenvalue weighted by molar-refractivity contribution is 0.472. The molecule has 0 fully saturated rings. The van der Waals surface area contributed by atoms with Gasteiger partial charge in [-0.3, -0.25) is 0 Å². The summed E-state index contributed by atoms with van der Waals surface area (Å²) in [5, 5.41) is 12.2. The summed E-state index contributed by atoms with van der Waals surface area (Å²) < 4.78 is 0. The minimum Gasteiger partial charge on any atom is -0.507 e. The van der Waals surface area contributed by atoms with Gasteiger partial charge in [0.05, 0.1) is 0 Å². The molecular weight excluding hydrogens is 569 g/mol. The van der Waals surface area contributed by atoms with Crippen LogP contribution in [-0.2, 0) is 0 Å². The van der Waals surface area contributed by atoms with Crippen molar-refractivity contribution in [1.82, 2.24) is 0 Å². The molecule has 0 spiro atoms. The van der Waals surface area contributed by atoms with Gasteiger partial charge in [0.15, 0.2) is 0 Å². The summed E-state index contributed by atoms with van der Waals surface area (Å²) in [6, 6.07) is 51.2. The van der Waals surface area contributed by atoms with Crippen molar-refractivity contribution in [3.63, 3.8) is 0 Å². The maximum atomic E-state index is 12.2. The molecule has 1 heteroatoms. The van der Waals surface area contributed by atoms with Crippen molar-refractivity contribution in [2.45, 2.75) is 0 Å². The van der Waals surface area contributed by atoms with Crippen molar-refractivity contribution in [3.05, 3.63) is 207 Å². The van der Waals surface area contributed by atoms with E-state index in [1.54, 1.807) is 0 Å². The topological polar surface area (TPSA) is 20.2 Å². The highest BCUT2D eigenvalue weighted by Crippen LogP contribution is 2.39. The summed E-state index contributed by atoms with van der Waals surface area (Å²) >= 11 is 0. The molecule has 0 aromatic heterocycles. The first-order valence-electron chi connectivity index (χ1n) is 15.8. The summed E-state index contributed by atoms with van der Waals surface area (Å²) in [5.74, 6) is 0.224. The number of phenols is 1. The van der Waals surface area contributed by atoms with Crippen LogP contribution in [-0.4, -0.2) is 5.11 Å². The number of hydrogen-bond donors (Lipinski definition) is 1. The van der Waals surface area contributed by atoms with E-state index in [2.05, 4.69) is 109 Å². The molecule has 6 aromatic carbocycles. The number of aromatic hydroxyl groups is 1. The number of benzene rings is 6. The summed E-state index contributed by atoms with van der Waals surface area (Å²) in [6.45, 7) is 0. The molecule has 47 heavy (non-hydrogen) atoms. The van der Waals surface area contributed by atoms with Crippen LogP contribution in [0.15, 0.2) is 152 Å². The predicted molar refractivity (Wildman–Crippen MR) is 205 cm³/mol. The van der Waals surface area contributed by atoms with Crippen molar-refractivity contribution in [1.29, 1.82) is 0 Å². The Bertz CT molecular complexity index is 1910. The summed E-state index contributed by atoms with van der Waals surface area (Å²) in [4.78, 5) is 0. The van der Waals surface area contributed by atoms with Crippen molar-refractivity contribution in [2.24, 2.45) is 0 Å². The van der Waals surface area contributed by atoms with Crippen LogP contribution < -0.4 is 0 Å². The van der Waals surface area contributed by atoms with Gasteiger partial charge in [-0.05, 0) is 44.5 Å². The molecule has 0 atom stereocenters. The Kier molecular flexibility index (Phi) is 10.3. The van der Waals surface area contributed by atoms with E-state index in [0.29, 0.717) is 0 Å². The molecular formula is C46H36O. The maximum absolute atomic E-state index is 12.2. The molecule has 0 aliphatic heterocycles. The van der Waals surface area contributed by atoms with E-state index in [1.165, 1.54) is 0 Å². The highest BCUT2D eigenvalue weighted by Gasteiger charge is 2.18. The molecule has 6 rings (SSSR count). The standard InChI is InChI=1S/C46H36O/c47-46-44(34-29-39-22-12-4-13-23-39)42(32-27-37-18-8-2-9-19-37)41(31-26-36-16-6-1-7-17-36)43(33-28-38-20-10-3-11-21-38)45(46)35-30-40-24-14-5-15-25-40/h1-35,47H/b31-26+,32-27+,33-28+,34-29+,35-30+. The smallest absolute Gasteiger partial charge is 0.131 e. The van der Waals surface area contributed by atoms with Gasteiger partial charge in [-0.25, -0.2) is 0 Å². The zero-order valence-electron chi connectivity index (χ0n) is 26.2. The lowest BCUT2D eigenvalue weighted by Crippen LogP contribution is -1.97. The average Bonchev–Trinajstić information content (AvgIpc) is 3.14. The van der Waals surface area contributed by atoms with Crippen molar-refractivity contribution in [3.8, 4) is 5.75 Å². The van der Waals surface area contributed by atoms with Gasteiger partial charge in [0.25, 0.3) is 0 Å². The Morgan fingerprint density at radius 3 is 0.660 bits per heavy atom. The van der Waals surface area contributed by atoms with Crippen LogP contribution in [0.4, 0.5) is 0 Å². The van der Waals surface area contributed by atoms with Gasteiger partial charge in [0.1, 0.15) is 5.75 Å². The van der Waals surface area contributed by atoms with Gasteiger partial charge in [0, 0.05) is 11.1 Å². The fourth-order valence-corrected chi connectivity index (χ4v) is 5.43. The first kappa shape index (κ1) is 30.8. The fraction of sp³-hybridized carbons (Fsp3) is 0. The number of hydrogen-bond acceptors (Lipinski definition) is 1. The highest BCUT2D eigenvalue weighted by molar-refractivity contribution is 5.96. The molecule has 0 bridgehead atoms. The molecule has 6 aromatic rings. The minimum absolute atomic E-state index is 0.224. The SMILES string of the molecule is Oc1c(/C=C/c2ccccc2)c(/C=C/c2ccccc2)c(/C=C/c2ccccc2)c(/C=C/c2ccccc2)c1/C=C/c1ccccc1. The van der Waals surface area contributed by atoms with E-state index in [9.17, 15) is 5.11 Å². The lowest BCUT2D eigenvalue weighted by Gasteiger charge is -2.18. The molecule has 0 amide bonds. The van der Waals surface area contributed by atoms with Gasteiger partial charge in [-0.15, -0.1) is 0 Å². The third-order valence-electron chi connectivity index (χ3n) is 7.88. The molecule has 0 aliphatic carbocycles. The molecule has 0 saturated carbocycles. The van der Waals surface area contributed by atoms with E-state index < -0.39 is 0 Å². The minimum atomic E-state index is 0.224. The van der Waals surface area contributed by atoms with Crippen LogP contribution in [0.5, 0.6) is 5.75 Å². The normalized spacial score (nSPS) is 11.9. The highest BCUT2D eigenvalue weighted by atomic mass is 16.3. The Hall–Kier alpha value is -6.18. The van der Waals surface area contributed by atoms with Gasteiger partial charge in [-0.1, -0.05) is 212 Å². The molecule has 1 N–H and O–H groups in total. The fourth-order valence-electron chi connectivity index (χ4n) is 5.43. The van der Waals surface area contributed by atoms with E-state index in [4.69, 9.17) is 0 Å². The third kappa shape index (κ3) is 8.30. The number of rotatable bonds is 10. The molecule has 0 unspecified atom stereocenters. The van der Waals surface area contributed by atoms with Gasteiger partial charge >= 0.3 is 0 Å². The van der Waals surface area contributed by atoms with Crippen molar-refractivity contribution >= 4 is 60.8 Å². The second-order valence-electron chi connectivity index (χ2n) is 11.1. The van der Waals surface area contributed by atoms with Gasteiger partial charge in [0.2, 0.25) is 0 Å². The van der Waals surface area contributed by atoms with E-state index in [0.717, 1.165) is 55.6 Å². The zero-order valence-corrected chi connectivity index (χ0v) is 26.2. The van der Waals surface area contributed by atoms with Gasteiger partial charge < -0.3 is 5.11 Å². The molecule has 0 saturated heterocycles. The molecule has 0 heterocycles.